The predicted octanol–water partition coefficient (Wildman–Crippen LogP) is 5.81. The SMILES string of the molecule is CCC(C)(CC)C(OOC(=O)c1ccc([Si](C)(C)C)cc1)OOC(=O)c1ccc([Si](C)(C)C)cc1. The fraction of sp³-hybridized carbons (Fsp3) is 0.481. The monoisotopic (exact) mass is 516 g/mol. The van der Waals surface area contributed by atoms with Gasteiger partial charge >= 0.3 is 11.9 Å². The van der Waals surface area contributed by atoms with Gasteiger partial charge in [-0.25, -0.2) is 9.59 Å². The zero-order valence-corrected chi connectivity index (χ0v) is 24.6. The second-order valence-electron chi connectivity index (χ2n) is 11.3. The van der Waals surface area contributed by atoms with E-state index in [9.17, 15) is 9.59 Å². The molecule has 0 N–H and O–H groups in total. The maximum absolute atomic E-state index is 12.6. The molecule has 35 heavy (non-hydrogen) atoms. The first-order chi connectivity index (χ1) is 16.2. The summed E-state index contributed by atoms with van der Waals surface area (Å²) < 4.78 is 0. The molecule has 0 unspecified atom stereocenters. The van der Waals surface area contributed by atoms with E-state index in [-0.39, 0.29) is 0 Å². The maximum Gasteiger partial charge on any atom is 0.373 e. The summed E-state index contributed by atoms with van der Waals surface area (Å²) in [6.07, 6.45) is 0.214. The number of hydrogen-bond donors (Lipinski definition) is 0. The van der Waals surface area contributed by atoms with Crippen LogP contribution in [-0.4, -0.2) is 34.4 Å². The second-order valence-corrected chi connectivity index (χ2v) is 21.4. The van der Waals surface area contributed by atoms with E-state index in [2.05, 4.69) is 39.3 Å². The Balaban J connectivity index is 2.07. The summed E-state index contributed by atoms with van der Waals surface area (Å²) >= 11 is 0. The average Bonchev–Trinajstić information content (AvgIpc) is 2.82. The second kappa shape index (κ2) is 11.6. The third kappa shape index (κ3) is 7.86. The Morgan fingerprint density at radius 1 is 0.686 bits per heavy atom. The molecule has 0 heterocycles. The van der Waals surface area contributed by atoms with Crippen LogP contribution in [0.4, 0.5) is 0 Å². The van der Waals surface area contributed by atoms with E-state index in [1.807, 2.05) is 45.0 Å². The van der Waals surface area contributed by atoms with Crippen LogP contribution < -0.4 is 10.4 Å². The Morgan fingerprint density at radius 2 is 1.00 bits per heavy atom. The van der Waals surface area contributed by atoms with Gasteiger partial charge in [-0.3, -0.25) is 9.78 Å². The van der Waals surface area contributed by atoms with Crippen LogP contribution in [0.2, 0.25) is 39.3 Å². The van der Waals surface area contributed by atoms with Crippen LogP contribution in [0.1, 0.15) is 54.3 Å². The summed E-state index contributed by atoms with van der Waals surface area (Å²) in [4.78, 5) is 46.3. The number of carbonyl (C=O) groups is 2. The van der Waals surface area contributed by atoms with Gasteiger partial charge in [0.2, 0.25) is 0 Å². The number of hydrogen-bond acceptors (Lipinski definition) is 6. The highest BCUT2D eigenvalue weighted by atomic mass is 28.3. The van der Waals surface area contributed by atoms with Crippen LogP contribution in [-0.2, 0) is 19.6 Å². The highest BCUT2D eigenvalue weighted by Crippen LogP contribution is 2.33. The lowest BCUT2D eigenvalue weighted by Gasteiger charge is -2.32. The van der Waals surface area contributed by atoms with Crippen LogP contribution >= 0.6 is 0 Å². The van der Waals surface area contributed by atoms with Gasteiger partial charge < -0.3 is 0 Å². The molecule has 0 radical (unpaired) electrons. The van der Waals surface area contributed by atoms with Crippen molar-refractivity contribution in [2.45, 2.75) is 79.2 Å². The van der Waals surface area contributed by atoms with Crippen molar-refractivity contribution in [3.8, 4) is 0 Å². The minimum Gasteiger partial charge on any atom is -0.290 e. The molecule has 2 rings (SSSR count). The largest absolute Gasteiger partial charge is 0.373 e. The summed E-state index contributed by atoms with van der Waals surface area (Å²) in [6.45, 7) is 19.3. The summed E-state index contributed by atoms with van der Waals surface area (Å²) in [6, 6.07) is 14.7. The number of rotatable bonds is 11. The zero-order valence-electron chi connectivity index (χ0n) is 22.6. The Hall–Kier alpha value is -2.27. The van der Waals surface area contributed by atoms with E-state index in [1.54, 1.807) is 24.3 Å². The molecule has 6 nitrogen and oxygen atoms in total. The van der Waals surface area contributed by atoms with E-state index < -0.39 is 39.8 Å². The molecule has 0 atom stereocenters. The van der Waals surface area contributed by atoms with Gasteiger partial charge in [-0.1, -0.05) is 94.7 Å². The Bertz CT molecular complexity index is 911. The van der Waals surface area contributed by atoms with Gasteiger partial charge in [-0.2, -0.15) is 0 Å². The molecule has 0 bridgehead atoms. The molecule has 8 heteroatoms. The van der Waals surface area contributed by atoms with Gasteiger partial charge in [0, 0.05) is 5.41 Å². The molecule has 0 aliphatic rings. The summed E-state index contributed by atoms with van der Waals surface area (Å²) in [7, 11) is -2.95. The van der Waals surface area contributed by atoms with E-state index in [0.717, 1.165) is 0 Å². The smallest absolute Gasteiger partial charge is 0.290 e. The topological polar surface area (TPSA) is 71.1 Å². The molecule has 0 amide bonds. The average molecular weight is 517 g/mol. The van der Waals surface area contributed by atoms with Gasteiger partial charge in [0.1, 0.15) is 0 Å². The lowest BCUT2D eigenvalue weighted by Crippen LogP contribution is -2.38. The van der Waals surface area contributed by atoms with Crippen molar-refractivity contribution in [3.05, 3.63) is 59.7 Å². The standard InChI is InChI=1S/C27H40O6Si2/c1-10-27(3,11-2)26(32-30-24(28)20-12-16-22(17-13-20)34(4,5)6)33-31-25(29)21-14-18-23(19-15-21)35(7,8)9/h12-19,26H,10-11H2,1-9H3. The Kier molecular flexibility index (Phi) is 9.64. The summed E-state index contributed by atoms with van der Waals surface area (Å²) in [5.74, 6) is -1.27. The molecular weight excluding hydrogens is 476 g/mol. The molecule has 0 saturated heterocycles. The first-order valence-electron chi connectivity index (χ1n) is 12.2. The third-order valence-corrected chi connectivity index (χ3v) is 10.7. The number of carbonyl (C=O) groups excluding carboxylic acids is 2. The maximum atomic E-state index is 12.6. The van der Waals surface area contributed by atoms with Crippen LogP contribution in [0.25, 0.3) is 0 Å². The first kappa shape index (κ1) is 29.0. The molecule has 0 saturated carbocycles. The lowest BCUT2D eigenvalue weighted by atomic mass is 9.84. The highest BCUT2D eigenvalue weighted by molar-refractivity contribution is 6.89. The van der Waals surface area contributed by atoms with Crippen LogP contribution in [0, 0.1) is 5.41 Å². The third-order valence-electron chi connectivity index (χ3n) is 6.58. The quantitative estimate of drug-likeness (QED) is 0.163. The molecule has 192 valence electrons. The minimum atomic E-state index is -1.47. The number of benzene rings is 2. The van der Waals surface area contributed by atoms with Gasteiger partial charge in [0.15, 0.2) is 0 Å². The minimum absolute atomic E-state index is 0.375. The van der Waals surface area contributed by atoms with Gasteiger partial charge in [-0.05, 0) is 37.1 Å². The van der Waals surface area contributed by atoms with E-state index in [0.29, 0.717) is 24.0 Å². The van der Waals surface area contributed by atoms with E-state index >= 15 is 0 Å². The van der Waals surface area contributed by atoms with Crippen LogP contribution in [0.15, 0.2) is 48.5 Å². The van der Waals surface area contributed by atoms with Crippen molar-refractivity contribution in [3.63, 3.8) is 0 Å². The van der Waals surface area contributed by atoms with Crippen molar-refractivity contribution in [2.24, 2.45) is 5.41 Å². The summed E-state index contributed by atoms with van der Waals surface area (Å²) in [5.41, 5.74) is 0.198. The first-order valence-corrected chi connectivity index (χ1v) is 19.2. The molecule has 0 aliphatic heterocycles. The van der Waals surface area contributed by atoms with Crippen molar-refractivity contribution in [1.29, 1.82) is 0 Å². The Labute approximate surface area is 211 Å². The predicted molar refractivity (Wildman–Crippen MR) is 144 cm³/mol. The fourth-order valence-electron chi connectivity index (χ4n) is 3.32. The van der Waals surface area contributed by atoms with Crippen molar-refractivity contribution < 1.29 is 29.1 Å². The molecule has 0 fully saturated rings. The zero-order chi connectivity index (χ0) is 26.4. The molecule has 0 aliphatic carbocycles. The van der Waals surface area contributed by atoms with Crippen molar-refractivity contribution in [2.75, 3.05) is 0 Å². The van der Waals surface area contributed by atoms with Gasteiger partial charge in [0.05, 0.1) is 27.3 Å². The van der Waals surface area contributed by atoms with Gasteiger partial charge in [0.25, 0.3) is 6.29 Å². The molecule has 0 spiro atoms. The molecular formula is C27H40O6Si2. The lowest BCUT2D eigenvalue weighted by molar-refractivity contribution is -0.445. The summed E-state index contributed by atoms with van der Waals surface area (Å²) in [5, 5.41) is 2.48. The molecule has 0 aromatic heterocycles. The highest BCUT2D eigenvalue weighted by Gasteiger charge is 2.37. The van der Waals surface area contributed by atoms with E-state index in [1.165, 1.54) is 10.4 Å². The van der Waals surface area contributed by atoms with Crippen molar-refractivity contribution in [1.82, 2.24) is 0 Å². The normalized spacial score (nSPS) is 12.5. The molecule has 2 aromatic carbocycles. The fourth-order valence-corrected chi connectivity index (χ4v) is 5.65. The van der Waals surface area contributed by atoms with Crippen LogP contribution in [0.3, 0.4) is 0 Å². The van der Waals surface area contributed by atoms with Crippen molar-refractivity contribution >= 4 is 38.5 Å². The molecule has 2 aromatic rings. The van der Waals surface area contributed by atoms with Gasteiger partial charge in [-0.15, -0.1) is 9.78 Å². The Morgan fingerprint density at radius 3 is 1.26 bits per heavy atom. The van der Waals surface area contributed by atoms with Crippen LogP contribution in [0.5, 0.6) is 0 Å². The van der Waals surface area contributed by atoms with E-state index in [4.69, 9.17) is 19.6 Å².